The normalized spacial score (nSPS) is 11.0. The van der Waals surface area contributed by atoms with Crippen molar-refractivity contribution in [2.75, 3.05) is 12.9 Å². The molecule has 2 aromatic heterocycles. The largest absolute Gasteiger partial charge is 0.466 e. The summed E-state index contributed by atoms with van der Waals surface area (Å²) in [6.07, 6.45) is 2.25. The second-order valence-corrected chi connectivity index (χ2v) is 8.69. The summed E-state index contributed by atoms with van der Waals surface area (Å²) in [5.41, 5.74) is 2.62. The summed E-state index contributed by atoms with van der Waals surface area (Å²) >= 11 is 11.2. The number of nitrogens with zero attached hydrogens (tertiary/aromatic N) is 2. The molecule has 3 aromatic rings. The van der Waals surface area contributed by atoms with Crippen molar-refractivity contribution >= 4 is 63.3 Å². The highest BCUT2D eigenvalue weighted by molar-refractivity contribution is 8.00. The number of halogens is 1. The Morgan fingerprint density at radius 1 is 1.31 bits per heavy atom. The van der Waals surface area contributed by atoms with E-state index in [1.165, 1.54) is 16.2 Å². The van der Waals surface area contributed by atoms with Gasteiger partial charge in [0, 0.05) is 27.0 Å². The molecule has 3 rings (SSSR count). The van der Waals surface area contributed by atoms with Gasteiger partial charge in [0.05, 0.1) is 24.2 Å². The van der Waals surface area contributed by atoms with E-state index in [1.807, 2.05) is 17.7 Å². The van der Waals surface area contributed by atoms with Gasteiger partial charge in [0.15, 0.2) is 0 Å². The number of aromatic nitrogens is 2. The van der Waals surface area contributed by atoms with Crippen molar-refractivity contribution in [1.82, 2.24) is 9.97 Å². The number of thiazole rings is 1. The third-order valence-electron chi connectivity index (χ3n) is 3.56. The fourth-order valence-corrected chi connectivity index (χ4v) is 4.87. The number of benzene rings is 1. The van der Waals surface area contributed by atoms with E-state index in [4.69, 9.17) is 16.3 Å². The highest BCUT2D eigenvalue weighted by Gasteiger charge is 2.11. The van der Waals surface area contributed by atoms with Crippen molar-refractivity contribution < 1.29 is 9.53 Å². The van der Waals surface area contributed by atoms with Crippen LogP contribution in [-0.4, -0.2) is 28.8 Å². The number of hydrogen-bond acceptors (Lipinski definition) is 7. The molecule has 26 heavy (non-hydrogen) atoms. The average molecular weight is 425 g/mol. The van der Waals surface area contributed by atoms with Crippen LogP contribution in [-0.2, 0) is 21.7 Å². The lowest BCUT2D eigenvalue weighted by Crippen LogP contribution is -2.07. The van der Waals surface area contributed by atoms with E-state index >= 15 is 0 Å². The quantitative estimate of drug-likeness (QED) is 0.285. The Kier molecular flexibility index (Phi) is 6.80. The first-order valence-corrected chi connectivity index (χ1v) is 11.4. The first-order valence-electron chi connectivity index (χ1n) is 7.95. The van der Waals surface area contributed by atoms with Crippen LogP contribution in [0.25, 0.3) is 10.9 Å². The van der Waals surface area contributed by atoms with Gasteiger partial charge in [-0.25, -0.2) is 9.97 Å². The Morgan fingerprint density at radius 3 is 2.92 bits per heavy atom. The van der Waals surface area contributed by atoms with Gasteiger partial charge in [-0.05, 0) is 31.4 Å². The predicted octanol–water partition coefficient (Wildman–Crippen LogP) is 5.46. The maximum absolute atomic E-state index is 11.5. The van der Waals surface area contributed by atoms with Crippen LogP contribution in [0.3, 0.4) is 0 Å². The summed E-state index contributed by atoms with van der Waals surface area (Å²) in [4.78, 5) is 21.7. The fraction of sp³-hybridized carbons (Fsp3) is 0.278. The Labute approximate surface area is 169 Å². The molecule has 0 bridgehead atoms. The molecule has 0 saturated heterocycles. The first-order chi connectivity index (χ1) is 12.6. The Bertz CT molecular complexity index is 930. The highest BCUT2D eigenvalue weighted by atomic mass is 35.5. The van der Waals surface area contributed by atoms with E-state index in [9.17, 15) is 4.79 Å². The highest BCUT2D eigenvalue weighted by Crippen LogP contribution is 2.31. The average Bonchev–Trinajstić information content (AvgIpc) is 3.06. The van der Waals surface area contributed by atoms with Crippen LogP contribution in [0.5, 0.6) is 0 Å². The summed E-state index contributed by atoms with van der Waals surface area (Å²) in [6.45, 7) is 2.18. The maximum Gasteiger partial charge on any atom is 0.311 e. The summed E-state index contributed by atoms with van der Waals surface area (Å²) in [6, 6.07) is 8.28. The number of thioether (sulfide) groups is 2. The lowest BCUT2D eigenvalue weighted by atomic mass is 10.2. The SMILES string of the molecule is CCOC(=O)Cc1csc(SCc2cc3ccc(SC)cc3nc2Cl)n1. The van der Waals surface area contributed by atoms with E-state index in [2.05, 4.69) is 28.2 Å². The molecule has 4 nitrogen and oxygen atoms in total. The van der Waals surface area contributed by atoms with Crippen LogP contribution in [0.15, 0.2) is 38.9 Å². The second-order valence-electron chi connectivity index (χ2n) is 5.37. The van der Waals surface area contributed by atoms with E-state index < -0.39 is 0 Å². The van der Waals surface area contributed by atoms with Crippen LogP contribution >= 0.6 is 46.5 Å². The van der Waals surface area contributed by atoms with Gasteiger partial charge in [-0.3, -0.25) is 4.79 Å². The Morgan fingerprint density at radius 2 is 2.15 bits per heavy atom. The zero-order valence-electron chi connectivity index (χ0n) is 14.3. The topological polar surface area (TPSA) is 52.1 Å². The smallest absolute Gasteiger partial charge is 0.311 e. The molecule has 0 fully saturated rings. The molecule has 0 radical (unpaired) electrons. The van der Waals surface area contributed by atoms with Crippen LogP contribution in [0, 0.1) is 0 Å². The minimum absolute atomic E-state index is 0.209. The number of ether oxygens (including phenoxy) is 1. The summed E-state index contributed by atoms with van der Waals surface area (Å²) in [5, 5.41) is 3.49. The summed E-state index contributed by atoms with van der Waals surface area (Å²) < 4.78 is 5.85. The molecule has 0 unspecified atom stereocenters. The van der Waals surface area contributed by atoms with Crippen molar-refractivity contribution in [3.63, 3.8) is 0 Å². The van der Waals surface area contributed by atoms with Gasteiger partial charge in [0.2, 0.25) is 0 Å². The molecule has 0 amide bonds. The number of pyridine rings is 1. The van der Waals surface area contributed by atoms with Gasteiger partial charge in [-0.15, -0.1) is 23.1 Å². The molecule has 0 atom stereocenters. The zero-order chi connectivity index (χ0) is 18.5. The van der Waals surface area contributed by atoms with Gasteiger partial charge >= 0.3 is 5.97 Å². The first kappa shape index (κ1) is 19.5. The van der Waals surface area contributed by atoms with Crippen molar-refractivity contribution in [3.05, 3.63) is 46.1 Å². The van der Waals surface area contributed by atoms with E-state index in [-0.39, 0.29) is 12.4 Å². The minimum Gasteiger partial charge on any atom is -0.466 e. The molecule has 1 aromatic carbocycles. The minimum atomic E-state index is -0.249. The fourth-order valence-electron chi connectivity index (χ4n) is 2.33. The lowest BCUT2D eigenvalue weighted by Gasteiger charge is -2.06. The van der Waals surface area contributed by atoms with Crippen molar-refractivity contribution in [1.29, 1.82) is 0 Å². The zero-order valence-corrected chi connectivity index (χ0v) is 17.5. The molecule has 0 spiro atoms. The molecule has 0 aliphatic carbocycles. The number of esters is 1. The molecule has 2 heterocycles. The number of carbonyl (C=O) groups is 1. The van der Waals surface area contributed by atoms with Crippen molar-refractivity contribution in [2.45, 2.75) is 28.3 Å². The monoisotopic (exact) mass is 424 g/mol. The van der Waals surface area contributed by atoms with E-state index in [1.54, 1.807) is 30.4 Å². The molecular weight excluding hydrogens is 408 g/mol. The molecule has 8 heteroatoms. The van der Waals surface area contributed by atoms with E-state index in [0.29, 0.717) is 17.5 Å². The van der Waals surface area contributed by atoms with Gasteiger partial charge in [-0.2, -0.15) is 0 Å². The van der Waals surface area contributed by atoms with Crippen LogP contribution in [0.4, 0.5) is 0 Å². The summed E-state index contributed by atoms with van der Waals surface area (Å²) in [7, 11) is 0. The third kappa shape index (κ3) is 4.91. The Hall–Kier alpha value is -1.28. The maximum atomic E-state index is 11.5. The molecular formula is C18H17ClN2O2S3. The van der Waals surface area contributed by atoms with Gasteiger partial charge in [-0.1, -0.05) is 29.4 Å². The second kappa shape index (κ2) is 9.08. The van der Waals surface area contributed by atoms with Gasteiger partial charge < -0.3 is 4.74 Å². The molecule has 0 N–H and O–H groups in total. The number of carbonyl (C=O) groups excluding carboxylic acids is 1. The van der Waals surface area contributed by atoms with Crippen LogP contribution in [0.2, 0.25) is 5.15 Å². The van der Waals surface area contributed by atoms with Gasteiger partial charge in [0.25, 0.3) is 0 Å². The predicted molar refractivity (Wildman–Crippen MR) is 111 cm³/mol. The third-order valence-corrected chi connectivity index (χ3v) is 6.73. The molecule has 0 saturated carbocycles. The van der Waals surface area contributed by atoms with Crippen molar-refractivity contribution in [3.8, 4) is 0 Å². The van der Waals surface area contributed by atoms with Crippen LogP contribution in [0.1, 0.15) is 18.2 Å². The number of fused-ring (bicyclic) bond motifs is 1. The molecule has 0 aliphatic heterocycles. The molecule has 0 aliphatic rings. The van der Waals surface area contributed by atoms with Crippen molar-refractivity contribution in [2.24, 2.45) is 0 Å². The standard InChI is InChI=1S/C18H17ClN2O2S3/c1-3-23-16(22)7-13-10-26-18(20-13)25-9-12-6-11-4-5-14(24-2)8-15(11)21-17(12)19/h4-6,8,10H,3,7,9H2,1-2H3. The lowest BCUT2D eigenvalue weighted by molar-refractivity contribution is -0.142. The Balaban J connectivity index is 1.69. The molecule has 136 valence electrons. The number of rotatable bonds is 7. The van der Waals surface area contributed by atoms with E-state index in [0.717, 1.165) is 26.5 Å². The number of hydrogen-bond donors (Lipinski definition) is 0. The van der Waals surface area contributed by atoms with Gasteiger partial charge in [0.1, 0.15) is 9.49 Å². The summed E-state index contributed by atoms with van der Waals surface area (Å²) in [5.74, 6) is 0.430. The van der Waals surface area contributed by atoms with Crippen LogP contribution < -0.4 is 0 Å².